The Morgan fingerprint density at radius 3 is 2.68 bits per heavy atom. The topological polar surface area (TPSA) is 61.0 Å². The lowest BCUT2D eigenvalue weighted by molar-refractivity contribution is 0.390. The Hall–Kier alpha value is -1.53. The predicted molar refractivity (Wildman–Crippen MR) is 73.3 cm³/mol. The first kappa shape index (κ1) is 13.9. The lowest BCUT2D eigenvalue weighted by Gasteiger charge is -2.11. The third-order valence-electron chi connectivity index (χ3n) is 2.69. The molecule has 0 aliphatic heterocycles. The number of rotatable bonds is 4. The first-order chi connectivity index (χ1) is 9.10. The zero-order valence-electron chi connectivity index (χ0n) is 10.3. The minimum absolute atomic E-state index is 0.290. The molecule has 19 heavy (non-hydrogen) atoms. The molecule has 2 N–H and O–H groups in total. The molecular weight excluding hydrogens is 313 g/mol. The Bertz CT molecular complexity index is 562. The van der Waals surface area contributed by atoms with Gasteiger partial charge >= 0.3 is 0 Å². The maximum atomic E-state index is 13.1. The quantitative estimate of drug-likeness (QED) is 0.938. The van der Waals surface area contributed by atoms with Crippen LogP contribution in [-0.2, 0) is 6.42 Å². The molecule has 1 aromatic carbocycles. The van der Waals surface area contributed by atoms with Gasteiger partial charge in [-0.15, -0.1) is 5.10 Å². The monoisotopic (exact) mass is 325 g/mol. The van der Waals surface area contributed by atoms with E-state index in [0.29, 0.717) is 22.5 Å². The van der Waals surface area contributed by atoms with Crippen LogP contribution in [-0.4, -0.2) is 17.3 Å². The average Bonchev–Trinajstić information content (AvgIpc) is 2.43. The highest BCUT2D eigenvalue weighted by Gasteiger charge is 2.11. The summed E-state index contributed by atoms with van der Waals surface area (Å²) in [5.41, 5.74) is 7.65. The van der Waals surface area contributed by atoms with Crippen molar-refractivity contribution in [2.45, 2.75) is 12.5 Å². The van der Waals surface area contributed by atoms with Crippen molar-refractivity contribution < 1.29 is 9.13 Å². The maximum absolute atomic E-state index is 13.1. The predicted octanol–water partition coefficient (Wildman–Crippen LogP) is 2.63. The molecule has 6 heteroatoms. The maximum Gasteiger partial charge on any atom is 0.233 e. The molecule has 0 amide bonds. The lowest BCUT2D eigenvalue weighted by atomic mass is 10.0. The Kier molecular flexibility index (Phi) is 4.44. The summed E-state index contributed by atoms with van der Waals surface area (Å²) in [5.74, 6) is 0.155. The number of benzene rings is 1. The fourth-order valence-corrected chi connectivity index (χ4v) is 2.09. The number of hydrogen-bond donors (Lipinski definition) is 1. The summed E-state index contributed by atoms with van der Waals surface area (Å²) >= 11 is 3.15. The molecule has 4 nitrogen and oxygen atoms in total. The molecule has 1 aromatic heterocycles. The van der Waals surface area contributed by atoms with Crippen molar-refractivity contribution in [1.29, 1.82) is 0 Å². The molecule has 0 bridgehead atoms. The van der Waals surface area contributed by atoms with Crippen LogP contribution in [0.25, 0.3) is 0 Å². The molecule has 0 aliphatic carbocycles. The first-order valence-electron chi connectivity index (χ1n) is 5.67. The van der Waals surface area contributed by atoms with E-state index >= 15 is 0 Å². The van der Waals surface area contributed by atoms with Crippen LogP contribution in [0.5, 0.6) is 5.88 Å². The van der Waals surface area contributed by atoms with Crippen molar-refractivity contribution in [2.75, 3.05) is 7.11 Å². The summed E-state index contributed by atoms with van der Waals surface area (Å²) in [4.78, 5) is 0. The SMILES string of the molecule is COc1ccc(C(N)Cc2ccc(F)c(Br)c2)nn1. The molecule has 100 valence electrons. The van der Waals surface area contributed by atoms with E-state index in [0.717, 1.165) is 5.56 Å². The van der Waals surface area contributed by atoms with Crippen LogP contribution in [0, 0.1) is 5.82 Å². The molecule has 0 spiro atoms. The number of methoxy groups -OCH3 is 1. The number of nitrogens with zero attached hydrogens (tertiary/aromatic N) is 2. The van der Waals surface area contributed by atoms with Crippen molar-refractivity contribution in [3.8, 4) is 5.88 Å². The molecule has 1 atom stereocenters. The zero-order chi connectivity index (χ0) is 13.8. The summed E-state index contributed by atoms with van der Waals surface area (Å²) in [5, 5.41) is 7.87. The van der Waals surface area contributed by atoms with Crippen LogP contribution < -0.4 is 10.5 Å². The average molecular weight is 326 g/mol. The van der Waals surface area contributed by atoms with Crippen LogP contribution in [0.1, 0.15) is 17.3 Å². The number of halogens is 2. The van der Waals surface area contributed by atoms with Gasteiger partial charge in [-0.25, -0.2) is 4.39 Å². The van der Waals surface area contributed by atoms with Gasteiger partial charge in [0.15, 0.2) is 0 Å². The summed E-state index contributed by atoms with van der Waals surface area (Å²) in [6.45, 7) is 0. The minimum Gasteiger partial charge on any atom is -0.480 e. The highest BCUT2D eigenvalue weighted by atomic mass is 79.9. The highest BCUT2D eigenvalue weighted by molar-refractivity contribution is 9.10. The molecular formula is C13H13BrFN3O. The van der Waals surface area contributed by atoms with E-state index in [1.165, 1.54) is 13.2 Å². The smallest absolute Gasteiger partial charge is 0.233 e. The van der Waals surface area contributed by atoms with Crippen molar-refractivity contribution >= 4 is 15.9 Å². The third kappa shape index (κ3) is 3.48. The fourth-order valence-electron chi connectivity index (χ4n) is 1.66. The zero-order valence-corrected chi connectivity index (χ0v) is 11.9. The second-order valence-electron chi connectivity index (χ2n) is 4.06. The van der Waals surface area contributed by atoms with Gasteiger partial charge in [-0.1, -0.05) is 6.07 Å². The molecule has 0 saturated heterocycles. The van der Waals surface area contributed by atoms with E-state index in [1.54, 1.807) is 24.3 Å². The molecule has 2 aromatic rings. The standard InChI is InChI=1S/C13H13BrFN3O/c1-19-13-5-4-12(17-18-13)11(16)7-8-2-3-10(15)9(14)6-8/h2-6,11H,7,16H2,1H3. The van der Waals surface area contributed by atoms with Crippen LogP contribution in [0.4, 0.5) is 4.39 Å². The van der Waals surface area contributed by atoms with Crippen LogP contribution >= 0.6 is 15.9 Å². The Balaban J connectivity index is 2.10. The number of aromatic nitrogens is 2. The Morgan fingerprint density at radius 2 is 2.11 bits per heavy atom. The first-order valence-corrected chi connectivity index (χ1v) is 6.46. The Labute approximate surface area is 118 Å². The molecule has 0 fully saturated rings. The van der Waals surface area contributed by atoms with Crippen LogP contribution in [0.15, 0.2) is 34.8 Å². The Morgan fingerprint density at radius 1 is 1.32 bits per heavy atom. The fraction of sp³-hybridized carbons (Fsp3) is 0.231. The molecule has 2 rings (SSSR count). The van der Waals surface area contributed by atoms with Crippen LogP contribution in [0.3, 0.4) is 0 Å². The second-order valence-corrected chi connectivity index (χ2v) is 4.91. The number of nitrogens with two attached hydrogens (primary N) is 1. The number of ether oxygens (including phenoxy) is 1. The van der Waals surface area contributed by atoms with Gasteiger partial charge in [0.05, 0.1) is 23.3 Å². The van der Waals surface area contributed by atoms with E-state index in [-0.39, 0.29) is 11.9 Å². The van der Waals surface area contributed by atoms with Gasteiger partial charge in [0.2, 0.25) is 5.88 Å². The van der Waals surface area contributed by atoms with Crippen molar-refractivity contribution in [3.63, 3.8) is 0 Å². The molecule has 1 heterocycles. The van der Waals surface area contributed by atoms with Gasteiger partial charge in [-0.2, -0.15) is 5.10 Å². The van der Waals surface area contributed by atoms with E-state index in [9.17, 15) is 4.39 Å². The third-order valence-corrected chi connectivity index (χ3v) is 3.30. The summed E-state index contributed by atoms with van der Waals surface area (Å²) < 4.78 is 18.5. The number of hydrogen-bond acceptors (Lipinski definition) is 4. The lowest BCUT2D eigenvalue weighted by Crippen LogP contribution is -2.15. The van der Waals surface area contributed by atoms with Gasteiger partial charge < -0.3 is 10.5 Å². The van der Waals surface area contributed by atoms with E-state index in [2.05, 4.69) is 26.1 Å². The van der Waals surface area contributed by atoms with Gasteiger partial charge in [0.1, 0.15) is 5.82 Å². The summed E-state index contributed by atoms with van der Waals surface area (Å²) in [6.07, 6.45) is 0.555. The van der Waals surface area contributed by atoms with Gasteiger partial charge in [-0.3, -0.25) is 0 Å². The highest BCUT2D eigenvalue weighted by Crippen LogP contribution is 2.20. The van der Waals surface area contributed by atoms with E-state index < -0.39 is 0 Å². The van der Waals surface area contributed by atoms with Crippen molar-refractivity contribution in [3.05, 3.63) is 51.9 Å². The molecule has 0 aliphatic rings. The molecule has 0 saturated carbocycles. The van der Waals surface area contributed by atoms with E-state index in [4.69, 9.17) is 10.5 Å². The van der Waals surface area contributed by atoms with E-state index in [1.807, 2.05) is 0 Å². The largest absolute Gasteiger partial charge is 0.480 e. The summed E-state index contributed by atoms with van der Waals surface area (Å²) in [6, 6.07) is 8.02. The van der Waals surface area contributed by atoms with Gasteiger partial charge in [-0.05, 0) is 46.1 Å². The van der Waals surface area contributed by atoms with Crippen molar-refractivity contribution in [1.82, 2.24) is 10.2 Å². The minimum atomic E-state index is -0.296. The van der Waals surface area contributed by atoms with Crippen LogP contribution in [0.2, 0.25) is 0 Å². The summed E-state index contributed by atoms with van der Waals surface area (Å²) in [7, 11) is 1.53. The molecule has 1 unspecified atom stereocenters. The second kappa shape index (κ2) is 6.08. The molecule has 0 radical (unpaired) electrons. The van der Waals surface area contributed by atoms with Gasteiger partial charge in [0, 0.05) is 6.07 Å². The normalized spacial score (nSPS) is 12.2. The van der Waals surface area contributed by atoms with Gasteiger partial charge in [0.25, 0.3) is 0 Å². The van der Waals surface area contributed by atoms with Crippen molar-refractivity contribution in [2.24, 2.45) is 5.73 Å².